The molecular formula is C18H27ClN2O3. The molecule has 0 aliphatic rings. The number of hydrogen-bond donors (Lipinski definition) is 1. The van der Waals surface area contributed by atoms with Crippen molar-refractivity contribution in [3.63, 3.8) is 0 Å². The molecule has 134 valence electrons. The second-order valence-corrected chi connectivity index (χ2v) is 6.70. The Morgan fingerprint density at radius 3 is 2.50 bits per heavy atom. The molecule has 0 fully saturated rings. The molecule has 0 aliphatic heterocycles. The Morgan fingerprint density at radius 2 is 1.96 bits per heavy atom. The molecule has 0 saturated carbocycles. The minimum atomic E-state index is -0.161. The molecule has 0 aromatic heterocycles. The van der Waals surface area contributed by atoms with Crippen LogP contribution in [-0.4, -0.2) is 36.9 Å². The van der Waals surface area contributed by atoms with Gasteiger partial charge in [0.25, 0.3) is 0 Å². The number of halogens is 1. The van der Waals surface area contributed by atoms with Gasteiger partial charge in [0, 0.05) is 37.5 Å². The van der Waals surface area contributed by atoms with E-state index in [4.69, 9.17) is 16.3 Å². The van der Waals surface area contributed by atoms with Crippen LogP contribution in [0.5, 0.6) is 5.75 Å². The van der Waals surface area contributed by atoms with Crippen LogP contribution in [0.25, 0.3) is 0 Å². The van der Waals surface area contributed by atoms with Gasteiger partial charge in [-0.15, -0.1) is 0 Å². The summed E-state index contributed by atoms with van der Waals surface area (Å²) in [5.74, 6) is 0.860. The maximum atomic E-state index is 12.2. The fourth-order valence-electron chi connectivity index (χ4n) is 2.22. The minimum absolute atomic E-state index is 0.0108. The van der Waals surface area contributed by atoms with Crippen molar-refractivity contribution in [1.29, 1.82) is 0 Å². The van der Waals surface area contributed by atoms with E-state index >= 15 is 0 Å². The second kappa shape index (κ2) is 9.52. The molecule has 5 nitrogen and oxygen atoms in total. The number of amides is 2. The van der Waals surface area contributed by atoms with E-state index in [9.17, 15) is 9.59 Å². The van der Waals surface area contributed by atoms with E-state index in [-0.39, 0.29) is 18.2 Å². The van der Waals surface area contributed by atoms with Gasteiger partial charge in [0.2, 0.25) is 11.8 Å². The Morgan fingerprint density at radius 1 is 1.29 bits per heavy atom. The lowest BCUT2D eigenvalue weighted by Gasteiger charge is -2.22. The molecule has 0 saturated heterocycles. The number of aryl methyl sites for hydroxylation is 1. The van der Waals surface area contributed by atoms with Gasteiger partial charge in [-0.3, -0.25) is 9.59 Å². The normalized spacial score (nSPS) is 10.6. The molecule has 1 rings (SSSR count). The molecular weight excluding hydrogens is 328 g/mol. The van der Waals surface area contributed by atoms with Crippen LogP contribution in [0.15, 0.2) is 12.1 Å². The molecule has 1 N–H and O–H groups in total. The van der Waals surface area contributed by atoms with Crippen molar-refractivity contribution in [2.75, 3.05) is 25.5 Å². The Kier molecular flexibility index (Phi) is 8.05. The van der Waals surface area contributed by atoms with Crippen LogP contribution >= 0.6 is 11.6 Å². The molecule has 0 heterocycles. The Hall–Kier alpha value is -1.75. The molecule has 0 spiro atoms. The minimum Gasteiger partial charge on any atom is -0.495 e. The number of carbonyl (C=O) groups is 2. The SMILES string of the molecule is COc1cc(Cl)c(C)cc1NC(=O)CCN(CCC(C)C)C(C)=O. The van der Waals surface area contributed by atoms with E-state index in [0.717, 1.165) is 12.0 Å². The van der Waals surface area contributed by atoms with Gasteiger partial charge in [-0.25, -0.2) is 0 Å². The molecule has 6 heteroatoms. The summed E-state index contributed by atoms with van der Waals surface area (Å²) in [6.45, 7) is 8.69. The lowest BCUT2D eigenvalue weighted by atomic mass is 10.1. The first-order valence-corrected chi connectivity index (χ1v) is 8.51. The fourth-order valence-corrected chi connectivity index (χ4v) is 2.37. The van der Waals surface area contributed by atoms with Crippen LogP contribution in [0.4, 0.5) is 5.69 Å². The molecule has 24 heavy (non-hydrogen) atoms. The van der Waals surface area contributed by atoms with Gasteiger partial charge in [-0.05, 0) is 30.9 Å². The zero-order valence-corrected chi connectivity index (χ0v) is 15.9. The Bertz CT molecular complexity index is 588. The first-order valence-electron chi connectivity index (χ1n) is 8.14. The molecule has 0 unspecified atom stereocenters. The Balaban J connectivity index is 2.65. The number of rotatable bonds is 8. The molecule has 1 aromatic rings. The summed E-state index contributed by atoms with van der Waals surface area (Å²) < 4.78 is 5.25. The predicted octanol–water partition coefficient (Wildman–Crippen LogP) is 3.88. The summed E-state index contributed by atoms with van der Waals surface area (Å²) in [6, 6.07) is 3.46. The van der Waals surface area contributed by atoms with Gasteiger partial charge >= 0.3 is 0 Å². The van der Waals surface area contributed by atoms with Crippen LogP contribution in [-0.2, 0) is 9.59 Å². The summed E-state index contributed by atoms with van der Waals surface area (Å²) in [5, 5.41) is 3.41. The number of nitrogens with one attached hydrogen (secondary N) is 1. The van der Waals surface area contributed by atoms with E-state index in [1.165, 1.54) is 14.0 Å². The van der Waals surface area contributed by atoms with Crippen molar-refractivity contribution in [2.24, 2.45) is 5.92 Å². The third-order valence-corrected chi connectivity index (χ3v) is 4.19. The quantitative estimate of drug-likeness (QED) is 0.770. The van der Waals surface area contributed by atoms with Crippen molar-refractivity contribution in [2.45, 2.75) is 40.5 Å². The van der Waals surface area contributed by atoms with Gasteiger partial charge in [-0.1, -0.05) is 25.4 Å². The second-order valence-electron chi connectivity index (χ2n) is 6.29. The average molecular weight is 355 g/mol. The van der Waals surface area contributed by atoms with E-state index in [2.05, 4.69) is 19.2 Å². The van der Waals surface area contributed by atoms with Crippen molar-refractivity contribution in [3.8, 4) is 5.75 Å². The zero-order chi connectivity index (χ0) is 18.3. The molecule has 0 aliphatic carbocycles. The summed E-state index contributed by atoms with van der Waals surface area (Å²) in [7, 11) is 1.53. The summed E-state index contributed by atoms with van der Waals surface area (Å²) in [6.07, 6.45) is 1.16. The number of anilines is 1. The van der Waals surface area contributed by atoms with Crippen LogP contribution in [0, 0.1) is 12.8 Å². The van der Waals surface area contributed by atoms with Crippen molar-refractivity contribution < 1.29 is 14.3 Å². The van der Waals surface area contributed by atoms with Crippen LogP contribution in [0.2, 0.25) is 5.02 Å². The fraction of sp³-hybridized carbons (Fsp3) is 0.556. The lowest BCUT2D eigenvalue weighted by Crippen LogP contribution is -2.33. The average Bonchev–Trinajstić information content (AvgIpc) is 2.49. The van der Waals surface area contributed by atoms with Crippen LogP contribution in [0.3, 0.4) is 0 Å². The number of ether oxygens (including phenoxy) is 1. The van der Waals surface area contributed by atoms with Gasteiger partial charge in [-0.2, -0.15) is 0 Å². The highest BCUT2D eigenvalue weighted by Crippen LogP contribution is 2.30. The summed E-state index contributed by atoms with van der Waals surface area (Å²) >= 11 is 6.06. The van der Waals surface area contributed by atoms with E-state index in [1.807, 2.05) is 6.92 Å². The van der Waals surface area contributed by atoms with Crippen molar-refractivity contribution in [1.82, 2.24) is 4.90 Å². The maximum absolute atomic E-state index is 12.2. The van der Waals surface area contributed by atoms with Crippen molar-refractivity contribution >= 4 is 29.1 Å². The van der Waals surface area contributed by atoms with Crippen molar-refractivity contribution in [3.05, 3.63) is 22.7 Å². The van der Waals surface area contributed by atoms with Gasteiger partial charge in [0.05, 0.1) is 12.8 Å². The van der Waals surface area contributed by atoms with E-state index in [1.54, 1.807) is 17.0 Å². The number of methoxy groups -OCH3 is 1. The zero-order valence-electron chi connectivity index (χ0n) is 15.1. The highest BCUT2D eigenvalue weighted by molar-refractivity contribution is 6.31. The monoisotopic (exact) mass is 354 g/mol. The standard InChI is InChI=1S/C18H27ClN2O3/c1-12(2)6-8-21(14(4)22)9-7-18(23)20-16-10-13(3)15(19)11-17(16)24-5/h10-12H,6-9H2,1-5H3,(H,20,23). The highest BCUT2D eigenvalue weighted by atomic mass is 35.5. The first-order chi connectivity index (χ1) is 11.2. The lowest BCUT2D eigenvalue weighted by molar-refractivity contribution is -0.129. The summed E-state index contributed by atoms with van der Waals surface area (Å²) in [5.41, 5.74) is 1.44. The van der Waals surface area contributed by atoms with Gasteiger partial charge in [0.1, 0.15) is 5.75 Å². The molecule has 1 aromatic carbocycles. The van der Waals surface area contributed by atoms with Gasteiger partial charge in [0.15, 0.2) is 0 Å². The number of carbonyl (C=O) groups excluding carboxylic acids is 2. The third-order valence-electron chi connectivity index (χ3n) is 3.79. The molecule has 0 radical (unpaired) electrons. The smallest absolute Gasteiger partial charge is 0.226 e. The van der Waals surface area contributed by atoms with Crippen LogP contribution < -0.4 is 10.1 Å². The number of hydrogen-bond acceptors (Lipinski definition) is 3. The molecule has 0 atom stereocenters. The van der Waals surface area contributed by atoms with Crippen LogP contribution in [0.1, 0.15) is 39.2 Å². The largest absolute Gasteiger partial charge is 0.495 e. The van der Waals surface area contributed by atoms with E-state index < -0.39 is 0 Å². The first kappa shape index (κ1) is 20.3. The van der Waals surface area contributed by atoms with Gasteiger partial charge < -0.3 is 15.0 Å². The third kappa shape index (κ3) is 6.40. The highest BCUT2D eigenvalue weighted by Gasteiger charge is 2.14. The number of nitrogens with zero attached hydrogens (tertiary/aromatic N) is 1. The topological polar surface area (TPSA) is 58.6 Å². The predicted molar refractivity (Wildman–Crippen MR) is 97.7 cm³/mol. The van der Waals surface area contributed by atoms with E-state index in [0.29, 0.717) is 35.5 Å². The molecule has 0 bridgehead atoms. The Labute approximate surface area is 149 Å². The summed E-state index contributed by atoms with van der Waals surface area (Å²) in [4.78, 5) is 25.6. The number of benzene rings is 1. The maximum Gasteiger partial charge on any atom is 0.226 e. The molecule has 2 amide bonds.